The number of carbonyl (C=O) groups is 5. The number of benzene rings is 2. The summed E-state index contributed by atoms with van der Waals surface area (Å²) in [4.78, 5) is 70.7. The summed E-state index contributed by atoms with van der Waals surface area (Å²) in [5, 5.41) is 24.0. The molecule has 15 heteroatoms. The molecule has 2 unspecified atom stereocenters. The summed E-state index contributed by atoms with van der Waals surface area (Å²) in [6, 6.07) is 13.8. The fourth-order valence-electron chi connectivity index (χ4n) is 7.63. The number of primary amides is 1. The van der Waals surface area contributed by atoms with E-state index in [1.807, 2.05) is 60.7 Å². The summed E-state index contributed by atoms with van der Waals surface area (Å²) in [6.45, 7) is 5.01. The van der Waals surface area contributed by atoms with Gasteiger partial charge in [0, 0.05) is 5.02 Å². The van der Waals surface area contributed by atoms with E-state index in [1.54, 1.807) is 12.1 Å². The van der Waals surface area contributed by atoms with Gasteiger partial charge in [-0.2, -0.15) is 0 Å². The molecule has 2 fully saturated rings. The van der Waals surface area contributed by atoms with Crippen LogP contribution in [0.1, 0.15) is 44.6 Å². The summed E-state index contributed by atoms with van der Waals surface area (Å²) in [5.74, 6) is -5.80. The van der Waals surface area contributed by atoms with Crippen molar-refractivity contribution < 1.29 is 34.2 Å². The standard InChI is InChI=1S/C39H44BBrClN4O7P/c1-3-6-31(9-5-18-41)54(22-24(54)2)23-28-20-30-21-34(26-12-10-25(11-13-26)27-7-4-8-29(42)19-27)45-40(46(30)39(28)53)32(14-16-35(47)48)38(52)44-33(37(43)51)15-17-36(49)50/h3-13,19,21,24,28,32-33,54H,1,14-18,20,22-23H2,2H3,(H2,43,51)(H,44,52)(H,47,48)(H,49,50)/b9-5-,31-6+/t24?,28-,32?,33+/m1/s1. The van der Waals surface area contributed by atoms with Crippen molar-refractivity contribution in [2.24, 2.45) is 16.6 Å². The predicted octanol–water partition coefficient (Wildman–Crippen LogP) is 6.27. The third-order valence-electron chi connectivity index (χ3n) is 10.5. The Hall–Kier alpha value is -4.32. The number of carboxylic acid groups (broad SMARTS) is 2. The van der Waals surface area contributed by atoms with E-state index in [0.29, 0.717) is 40.0 Å². The number of allylic oxidation sites excluding steroid dienone is 7. The molecule has 0 saturated carbocycles. The molecule has 0 aromatic heterocycles. The van der Waals surface area contributed by atoms with Crippen LogP contribution in [-0.4, -0.2) is 86.7 Å². The predicted molar refractivity (Wildman–Crippen MR) is 220 cm³/mol. The SMILES string of the molecule is C=C/C=C(\C=C/CBr)[PH]1(C[C@H]2CC3=CC(c4ccc(-c5cccc(Cl)c5)cc4)=NB(C(CCC(=O)O)C(=O)N[C@@H](CCC(=O)O)C(N)=O)N3C2=O)CC1C. The Balaban J connectivity index is 1.55. The average molecular weight is 838 g/mol. The molecule has 2 saturated heterocycles. The van der Waals surface area contributed by atoms with Gasteiger partial charge in [0.25, 0.3) is 0 Å². The Kier molecular flexibility index (Phi) is 13.5. The second kappa shape index (κ2) is 17.9. The van der Waals surface area contributed by atoms with Crippen LogP contribution in [0.5, 0.6) is 0 Å². The first-order valence-corrected chi connectivity index (χ1v) is 21.8. The molecule has 5 N–H and O–H groups in total. The van der Waals surface area contributed by atoms with Gasteiger partial charge in [-0.25, -0.2) is 0 Å². The molecule has 0 spiro atoms. The van der Waals surface area contributed by atoms with Crippen molar-refractivity contribution in [3.63, 3.8) is 0 Å². The zero-order valence-electron chi connectivity index (χ0n) is 29.9. The molecule has 54 heavy (non-hydrogen) atoms. The average Bonchev–Trinajstić information content (AvgIpc) is 3.68. The number of nitrogens with two attached hydrogens (primary N) is 1. The molecule has 3 heterocycles. The van der Waals surface area contributed by atoms with Gasteiger partial charge in [-0.3, -0.25) is 4.79 Å². The van der Waals surface area contributed by atoms with Gasteiger partial charge in [-0.05, 0) is 6.07 Å². The van der Waals surface area contributed by atoms with E-state index in [1.165, 1.54) is 10.1 Å². The third kappa shape index (κ3) is 9.48. The van der Waals surface area contributed by atoms with E-state index < -0.39 is 68.6 Å². The van der Waals surface area contributed by atoms with Crippen molar-refractivity contribution in [2.45, 2.75) is 56.5 Å². The first-order valence-electron chi connectivity index (χ1n) is 17.8. The van der Waals surface area contributed by atoms with Crippen LogP contribution in [0.4, 0.5) is 0 Å². The molecule has 2 aromatic carbocycles. The van der Waals surface area contributed by atoms with Gasteiger partial charge in [0.15, 0.2) is 0 Å². The second-order valence-electron chi connectivity index (χ2n) is 14.1. The topological polar surface area (TPSA) is 179 Å². The van der Waals surface area contributed by atoms with Gasteiger partial charge >= 0.3 is 292 Å². The van der Waals surface area contributed by atoms with Crippen molar-refractivity contribution in [1.82, 2.24) is 10.1 Å². The van der Waals surface area contributed by atoms with Gasteiger partial charge in [0.2, 0.25) is 0 Å². The van der Waals surface area contributed by atoms with Crippen LogP contribution in [0, 0.1) is 5.92 Å². The van der Waals surface area contributed by atoms with Gasteiger partial charge < -0.3 is 5.11 Å². The maximum atomic E-state index is 14.6. The van der Waals surface area contributed by atoms with Crippen molar-refractivity contribution in [2.75, 3.05) is 17.7 Å². The number of nitrogens with one attached hydrogen (secondary N) is 1. The molecule has 2 aromatic rings. The molecule has 0 aliphatic carbocycles. The molecule has 0 radical (unpaired) electrons. The van der Waals surface area contributed by atoms with Crippen LogP contribution in [0.3, 0.4) is 0 Å². The number of carboxylic acids is 2. The van der Waals surface area contributed by atoms with Crippen molar-refractivity contribution in [1.29, 1.82) is 0 Å². The zero-order valence-corrected chi connectivity index (χ0v) is 33.3. The number of amides is 3. The molecule has 11 nitrogen and oxygen atoms in total. The fourth-order valence-corrected chi connectivity index (χ4v) is 13.4. The normalized spacial score (nSPS) is 20.7. The first kappa shape index (κ1) is 40.9. The van der Waals surface area contributed by atoms with Crippen molar-refractivity contribution >= 4 is 77.1 Å². The first-order chi connectivity index (χ1) is 25.8. The van der Waals surface area contributed by atoms with E-state index in [9.17, 15) is 34.2 Å². The van der Waals surface area contributed by atoms with Crippen molar-refractivity contribution in [3.05, 3.63) is 107 Å². The van der Waals surface area contributed by atoms with Crippen LogP contribution in [0.2, 0.25) is 10.8 Å². The van der Waals surface area contributed by atoms with Gasteiger partial charge in [0.05, 0.1) is 0 Å². The summed E-state index contributed by atoms with van der Waals surface area (Å²) >= 11 is 9.71. The van der Waals surface area contributed by atoms with Crippen LogP contribution in [0.15, 0.2) is 101 Å². The number of alkyl halides is 1. The second-order valence-corrected chi connectivity index (χ2v) is 19.9. The number of aliphatic carboxylic acids is 2. The molecular weight excluding hydrogens is 794 g/mol. The van der Waals surface area contributed by atoms with E-state index in [0.717, 1.165) is 22.9 Å². The Morgan fingerprint density at radius 2 is 1.78 bits per heavy atom. The number of carbonyl (C=O) groups excluding carboxylic acids is 3. The summed E-state index contributed by atoms with van der Waals surface area (Å²) in [7, 11) is -2.09. The van der Waals surface area contributed by atoms with Crippen LogP contribution in [-0.2, 0) is 24.0 Å². The molecular formula is C39H44BBrClN4O7P. The molecule has 3 aliphatic heterocycles. The molecule has 284 valence electrons. The Morgan fingerprint density at radius 3 is 2.37 bits per heavy atom. The molecule has 0 bridgehead atoms. The number of nitrogens with zero attached hydrogens (tertiary/aromatic N) is 2. The van der Waals surface area contributed by atoms with Crippen molar-refractivity contribution in [3.8, 4) is 11.1 Å². The van der Waals surface area contributed by atoms with Gasteiger partial charge in [0.1, 0.15) is 0 Å². The van der Waals surface area contributed by atoms with Gasteiger partial charge in [-0.15, -0.1) is 0 Å². The Bertz CT molecular complexity index is 1950. The molecule has 3 amide bonds. The molecule has 5 rings (SSSR count). The number of hydrogen-bond acceptors (Lipinski definition) is 6. The van der Waals surface area contributed by atoms with E-state index in [2.05, 4.69) is 40.8 Å². The third-order valence-corrected chi connectivity index (χ3v) is 16.7. The number of fused-ring (bicyclic) bond motifs is 1. The van der Waals surface area contributed by atoms with Crippen LogP contribution >= 0.6 is 34.8 Å². The zero-order chi connectivity index (χ0) is 39.2. The quantitative estimate of drug-likeness (QED) is 0.0591. The number of halogens is 2. The molecule has 4 atom stereocenters. The summed E-state index contributed by atoms with van der Waals surface area (Å²) < 4.78 is 0. The Morgan fingerprint density at radius 1 is 1.11 bits per heavy atom. The number of hydrogen-bond donors (Lipinski definition) is 4. The molecule has 3 aliphatic rings. The van der Waals surface area contributed by atoms with E-state index in [4.69, 9.17) is 22.2 Å². The van der Waals surface area contributed by atoms with Crippen LogP contribution in [0.25, 0.3) is 11.1 Å². The van der Waals surface area contributed by atoms with Crippen LogP contribution < -0.4 is 11.1 Å². The minimum absolute atomic E-state index is 0.191. The fraction of sp³-hybridized carbons (Fsp3) is 0.333. The Labute approximate surface area is 329 Å². The number of rotatable bonds is 18. The van der Waals surface area contributed by atoms with E-state index in [-0.39, 0.29) is 18.7 Å². The summed E-state index contributed by atoms with van der Waals surface area (Å²) in [6.07, 6.45) is 10.7. The summed E-state index contributed by atoms with van der Waals surface area (Å²) in [5.41, 5.74) is 9.75. The van der Waals surface area contributed by atoms with E-state index >= 15 is 0 Å². The monoisotopic (exact) mass is 836 g/mol. The maximum absolute atomic E-state index is 14.6. The van der Waals surface area contributed by atoms with Gasteiger partial charge in [-0.1, -0.05) is 17.7 Å². The minimum atomic E-state index is -2.09.